The molecule has 3 atom stereocenters. The summed E-state index contributed by atoms with van der Waals surface area (Å²) in [4.78, 5) is 25.4. The van der Waals surface area contributed by atoms with Gasteiger partial charge in [-0.1, -0.05) is 0 Å². The van der Waals surface area contributed by atoms with E-state index in [1.165, 1.54) is 0 Å². The fraction of sp³-hybridized carbons (Fsp3) is 0.833. The Morgan fingerprint density at radius 2 is 2.06 bits per heavy atom. The monoisotopic (exact) mass is 255 g/mol. The van der Waals surface area contributed by atoms with Crippen LogP contribution >= 0.6 is 0 Å². The number of amides is 3. The van der Waals surface area contributed by atoms with Crippen LogP contribution in [-0.4, -0.2) is 55.2 Å². The molecule has 2 aliphatic rings. The predicted octanol–water partition coefficient (Wildman–Crippen LogP) is -0.0603. The van der Waals surface area contributed by atoms with Crippen molar-refractivity contribution >= 4 is 11.9 Å². The lowest BCUT2D eigenvalue weighted by Gasteiger charge is -2.33. The maximum absolute atomic E-state index is 11.9. The molecular weight excluding hydrogens is 234 g/mol. The lowest BCUT2D eigenvalue weighted by atomic mass is 10.00. The van der Waals surface area contributed by atoms with Gasteiger partial charge in [0, 0.05) is 26.2 Å². The van der Waals surface area contributed by atoms with Gasteiger partial charge in [-0.3, -0.25) is 4.79 Å². The van der Waals surface area contributed by atoms with Crippen LogP contribution in [0.3, 0.4) is 0 Å². The van der Waals surface area contributed by atoms with Crippen molar-refractivity contribution in [2.75, 3.05) is 20.1 Å². The van der Waals surface area contributed by atoms with E-state index < -0.39 is 0 Å². The Balaban J connectivity index is 1.97. The lowest BCUT2D eigenvalue weighted by Crippen LogP contribution is -2.52. The molecule has 0 saturated carbocycles. The Morgan fingerprint density at radius 3 is 2.67 bits per heavy atom. The Labute approximate surface area is 107 Å². The van der Waals surface area contributed by atoms with Crippen molar-refractivity contribution in [1.82, 2.24) is 15.5 Å². The van der Waals surface area contributed by atoms with Gasteiger partial charge in [0.1, 0.15) is 0 Å². The van der Waals surface area contributed by atoms with Gasteiger partial charge in [-0.05, 0) is 20.3 Å². The number of morpholine rings is 1. The van der Waals surface area contributed by atoms with E-state index >= 15 is 0 Å². The molecule has 0 spiro atoms. The molecule has 0 aromatic carbocycles. The maximum Gasteiger partial charge on any atom is 0.317 e. The van der Waals surface area contributed by atoms with E-state index in [-0.39, 0.29) is 36.1 Å². The zero-order chi connectivity index (χ0) is 13.3. The van der Waals surface area contributed by atoms with Crippen LogP contribution in [0.5, 0.6) is 0 Å². The Hall–Kier alpha value is -1.30. The topological polar surface area (TPSA) is 70.7 Å². The number of ether oxygens (including phenoxy) is 1. The fourth-order valence-corrected chi connectivity index (χ4v) is 2.62. The van der Waals surface area contributed by atoms with Crippen molar-refractivity contribution < 1.29 is 14.3 Å². The highest BCUT2D eigenvalue weighted by molar-refractivity contribution is 5.80. The van der Waals surface area contributed by atoms with E-state index in [1.54, 1.807) is 11.9 Å². The van der Waals surface area contributed by atoms with E-state index in [4.69, 9.17) is 4.74 Å². The van der Waals surface area contributed by atoms with E-state index in [9.17, 15) is 9.59 Å². The van der Waals surface area contributed by atoms with Gasteiger partial charge in [-0.15, -0.1) is 0 Å². The molecule has 6 heteroatoms. The number of likely N-dealkylation sites (tertiary alicyclic amines) is 1. The van der Waals surface area contributed by atoms with Gasteiger partial charge in [-0.2, -0.15) is 0 Å². The molecule has 2 aliphatic heterocycles. The van der Waals surface area contributed by atoms with E-state index in [2.05, 4.69) is 10.6 Å². The second-order valence-electron chi connectivity index (χ2n) is 5.26. The van der Waals surface area contributed by atoms with E-state index in [0.717, 1.165) is 0 Å². The minimum atomic E-state index is -0.165. The van der Waals surface area contributed by atoms with E-state index in [0.29, 0.717) is 19.5 Å². The minimum Gasteiger partial charge on any atom is -0.370 e. The van der Waals surface area contributed by atoms with Crippen molar-refractivity contribution in [3.63, 3.8) is 0 Å². The summed E-state index contributed by atoms with van der Waals surface area (Å²) in [5.41, 5.74) is 0. The number of hydrogen-bond donors (Lipinski definition) is 2. The first kappa shape index (κ1) is 13.1. The average Bonchev–Trinajstić information content (AvgIpc) is 2.62. The number of rotatable bonds is 2. The van der Waals surface area contributed by atoms with Crippen molar-refractivity contribution in [2.45, 2.75) is 38.5 Å². The van der Waals surface area contributed by atoms with Crippen LogP contribution in [0.25, 0.3) is 0 Å². The van der Waals surface area contributed by atoms with Gasteiger partial charge >= 0.3 is 6.03 Å². The van der Waals surface area contributed by atoms with Crippen molar-refractivity contribution in [3.8, 4) is 0 Å². The number of hydrogen-bond acceptors (Lipinski definition) is 3. The predicted molar refractivity (Wildman–Crippen MR) is 66.1 cm³/mol. The number of carbonyl (C=O) groups is 2. The van der Waals surface area contributed by atoms with Crippen LogP contribution in [0.2, 0.25) is 0 Å². The fourth-order valence-electron chi connectivity index (χ4n) is 2.62. The van der Waals surface area contributed by atoms with Crippen molar-refractivity contribution in [1.29, 1.82) is 0 Å². The summed E-state index contributed by atoms with van der Waals surface area (Å²) >= 11 is 0. The molecule has 2 rings (SSSR count). The minimum absolute atomic E-state index is 0.00798. The standard InChI is InChI=1S/C12H21N3O3/c1-7(2)14-12(17)15-5-8-4-9(11(16)13-3)10(6-15)18-8/h7-10H,4-6H2,1-3H3,(H,13,16)(H,14,17)/t8-,9+,10-/m1/s1. The zero-order valence-electron chi connectivity index (χ0n) is 11.1. The molecule has 2 N–H and O–H groups in total. The third-order valence-corrected chi connectivity index (χ3v) is 3.44. The zero-order valence-corrected chi connectivity index (χ0v) is 11.1. The van der Waals surface area contributed by atoms with E-state index in [1.807, 2.05) is 13.8 Å². The summed E-state index contributed by atoms with van der Waals surface area (Å²) in [5.74, 6) is -0.120. The van der Waals surface area contributed by atoms with Gasteiger partial charge in [0.2, 0.25) is 5.91 Å². The quantitative estimate of drug-likeness (QED) is 0.726. The Kier molecular flexibility index (Phi) is 3.75. The molecule has 2 fully saturated rings. The van der Waals surface area contributed by atoms with Crippen LogP contribution in [0.15, 0.2) is 0 Å². The first-order valence-electron chi connectivity index (χ1n) is 6.43. The highest BCUT2D eigenvalue weighted by Gasteiger charge is 2.45. The first-order valence-corrected chi connectivity index (χ1v) is 6.43. The largest absolute Gasteiger partial charge is 0.370 e. The number of carbonyl (C=O) groups excluding carboxylic acids is 2. The number of urea groups is 1. The summed E-state index contributed by atoms with van der Waals surface area (Å²) in [7, 11) is 1.63. The molecule has 0 radical (unpaired) electrons. The van der Waals surface area contributed by atoms with Crippen LogP contribution < -0.4 is 10.6 Å². The molecule has 2 bridgehead atoms. The van der Waals surface area contributed by atoms with Crippen LogP contribution in [0, 0.1) is 5.92 Å². The molecule has 6 nitrogen and oxygen atoms in total. The molecule has 0 aromatic heterocycles. The first-order chi connectivity index (χ1) is 8.51. The molecule has 0 aromatic rings. The van der Waals surface area contributed by atoms with Gasteiger partial charge in [0.15, 0.2) is 0 Å². The third kappa shape index (κ3) is 2.58. The molecule has 0 aliphatic carbocycles. The molecule has 3 amide bonds. The molecule has 0 unspecified atom stereocenters. The number of nitrogens with one attached hydrogen (secondary N) is 2. The maximum atomic E-state index is 11.9. The highest BCUT2D eigenvalue weighted by Crippen LogP contribution is 2.31. The molecule has 102 valence electrons. The lowest BCUT2D eigenvalue weighted by molar-refractivity contribution is -0.127. The van der Waals surface area contributed by atoms with Gasteiger partial charge < -0.3 is 20.3 Å². The second kappa shape index (κ2) is 5.14. The third-order valence-electron chi connectivity index (χ3n) is 3.44. The summed E-state index contributed by atoms with van der Waals surface area (Å²) in [6.07, 6.45) is 0.529. The molecule has 2 heterocycles. The normalized spacial score (nSPS) is 30.4. The SMILES string of the molecule is CNC(=O)[C@H]1C[C@@H]2CN(C(=O)NC(C)C)C[C@H]1O2. The highest BCUT2D eigenvalue weighted by atomic mass is 16.5. The van der Waals surface area contributed by atoms with Crippen LogP contribution in [0.4, 0.5) is 4.79 Å². The molecule has 18 heavy (non-hydrogen) atoms. The molecular formula is C12H21N3O3. The van der Waals surface area contributed by atoms with Gasteiger partial charge in [-0.25, -0.2) is 4.79 Å². The number of nitrogens with zero attached hydrogens (tertiary/aromatic N) is 1. The second-order valence-corrected chi connectivity index (χ2v) is 5.26. The van der Waals surface area contributed by atoms with Gasteiger partial charge in [0.05, 0.1) is 18.1 Å². The number of fused-ring (bicyclic) bond motifs is 2. The van der Waals surface area contributed by atoms with Crippen molar-refractivity contribution in [2.24, 2.45) is 5.92 Å². The Morgan fingerprint density at radius 1 is 1.33 bits per heavy atom. The van der Waals surface area contributed by atoms with Crippen molar-refractivity contribution in [3.05, 3.63) is 0 Å². The summed E-state index contributed by atoms with van der Waals surface area (Å²) in [6.45, 7) is 4.93. The van der Waals surface area contributed by atoms with Gasteiger partial charge in [0.25, 0.3) is 0 Å². The summed E-state index contributed by atoms with van der Waals surface area (Å²) < 4.78 is 5.74. The Bertz CT molecular complexity index is 345. The summed E-state index contributed by atoms with van der Waals surface area (Å²) in [5, 5.41) is 5.53. The average molecular weight is 255 g/mol. The van der Waals surface area contributed by atoms with Crippen LogP contribution in [0.1, 0.15) is 20.3 Å². The smallest absolute Gasteiger partial charge is 0.317 e. The molecule has 2 saturated heterocycles. The van der Waals surface area contributed by atoms with Crippen LogP contribution in [-0.2, 0) is 9.53 Å². The summed E-state index contributed by atoms with van der Waals surface area (Å²) in [6, 6.07) is 0.0496.